The first-order valence-electron chi connectivity index (χ1n) is 7.31. The van der Waals surface area contributed by atoms with Gasteiger partial charge in [-0.2, -0.15) is 0 Å². The summed E-state index contributed by atoms with van der Waals surface area (Å²) in [5.41, 5.74) is 1.18. The Balaban J connectivity index is 1.59. The van der Waals surface area contributed by atoms with E-state index < -0.39 is 0 Å². The van der Waals surface area contributed by atoms with Crippen LogP contribution in [-0.4, -0.2) is 38.6 Å². The highest BCUT2D eigenvalue weighted by molar-refractivity contribution is 5.90. The summed E-state index contributed by atoms with van der Waals surface area (Å²) in [4.78, 5) is 0. The molecule has 2 atom stereocenters. The van der Waals surface area contributed by atoms with Crippen molar-refractivity contribution in [2.75, 3.05) is 26.4 Å². The molecule has 2 fully saturated rings. The lowest BCUT2D eigenvalue weighted by Gasteiger charge is -2.11. The van der Waals surface area contributed by atoms with Crippen LogP contribution in [0.1, 0.15) is 5.56 Å². The van der Waals surface area contributed by atoms with E-state index in [-0.39, 0.29) is 12.2 Å². The summed E-state index contributed by atoms with van der Waals surface area (Å²) in [7, 11) is 0. The minimum Gasteiger partial charge on any atom is -0.491 e. The maximum atomic E-state index is 5.89. The monoisotopic (exact) mass is 286 g/mol. The normalized spacial score (nSPS) is 23.1. The number of aryl methyl sites for hydroxylation is 1. The van der Waals surface area contributed by atoms with Crippen LogP contribution in [-0.2, 0) is 9.47 Å². The molecule has 0 aromatic heterocycles. The molecule has 0 bridgehead atoms. The van der Waals surface area contributed by atoms with E-state index in [0.717, 1.165) is 35.5 Å². The Hall–Kier alpha value is -1.78. The number of hydrogen-bond acceptors (Lipinski definition) is 4. The molecule has 2 saturated heterocycles. The highest BCUT2D eigenvalue weighted by Gasteiger charge is 2.24. The molecule has 2 heterocycles. The molecule has 0 aliphatic carbocycles. The summed E-state index contributed by atoms with van der Waals surface area (Å²) in [5, 5.41) is 2.24. The smallest absolute Gasteiger partial charge is 0.127 e. The van der Waals surface area contributed by atoms with Gasteiger partial charge in [0.25, 0.3) is 0 Å². The number of rotatable bonds is 6. The van der Waals surface area contributed by atoms with E-state index in [1.165, 1.54) is 5.56 Å². The molecule has 4 nitrogen and oxygen atoms in total. The molecule has 2 aromatic rings. The summed E-state index contributed by atoms with van der Waals surface area (Å²) >= 11 is 0. The average Bonchev–Trinajstić information content (AvgIpc) is 3.37. The summed E-state index contributed by atoms with van der Waals surface area (Å²) in [5.74, 6) is 1.79. The highest BCUT2D eigenvalue weighted by atomic mass is 16.6. The van der Waals surface area contributed by atoms with E-state index in [1.54, 1.807) is 0 Å². The van der Waals surface area contributed by atoms with Gasteiger partial charge in [-0.05, 0) is 42.1 Å². The molecule has 2 aromatic carbocycles. The third-order valence-electron chi connectivity index (χ3n) is 3.70. The van der Waals surface area contributed by atoms with Gasteiger partial charge in [-0.15, -0.1) is 0 Å². The van der Waals surface area contributed by atoms with Gasteiger partial charge < -0.3 is 18.9 Å². The molecule has 0 N–H and O–H groups in total. The van der Waals surface area contributed by atoms with E-state index >= 15 is 0 Å². The second-order valence-corrected chi connectivity index (χ2v) is 5.68. The van der Waals surface area contributed by atoms with Crippen LogP contribution in [0.5, 0.6) is 11.5 Å². The molecular formula is C17H18O4. The van der Waals surface area contributed by atoms with Crippen LogP contribution < -0.4 is 9.47 Å². The lowest BCUT2D eigenvalue weighted by atomic mass is 10.1. The van der Waals surface area contributed by atoms with E-state index in [4.69, 9.17) is 18.9 Å². The second kappa shape index (κ2) is 5.20. The highest BCUT2D eigenvalue weighted by Crippen LogP contribution is 2.31. The Labute approximate surface area is 123 Å². The SMILES string of the molecule is Cc1cc(OCC2CO2)c2ccc(OCC3CO3)cc2c1. The Kier molecular flexibility index (Phi) is 3.20. The minimum atomic E-state index is 0.265. The van der Waals surface area contributed by atoms with E-state index in [0.29, 0.717) is 13.2 Å². The van der Waals surface area contributed by atoms with Crippen molar-refractivity contribution in [3.8, 4) is 11.5 Å². The predicted molar refractivity (Wildman–Crippen MR) is 79.2 cm³/mol. The van der Waals surface area contributed by atoms with Gasteiger partial charge in [-0.3, -0.25) is 0 Å². The largest absolute Gasteiger partial charge is 0.491 e. The van der Waals surface area contributed by atoms with Crippen LogP contribution in [0.2, 0.25) is 0 Å². The Bertz CT molecular complexity index is 659. The fourth-order valence-corrected chi connectivity index (χ4v) is 2.37. The fraction of sp³-hybridized carbons (Fsp3) is 0.412. The topological polar surface area (TPSA) is 43.5 Å². The number of fused-ring (bicyclic) bond motifs is 1. The zero-order valence-corrected chi connectivity index (χ0v) is 12.0. The van der Waals surface area contributed by atoms with Crippen molar-refractivity contribution in [2.45, 2.75) is 19.1 Å². The summed E-state index contributed by atoms with van der Waals surface area (Å²) in [6, 6.07) is 10.3. The van der Waals surface area contributed by atoms with Crippen molar-refractivity contribution in [3.05, 3.63) is 35.9 Å². The van der Waals surface area contributed by atoms with Crippen LogP contribution in [0, 0.1) is 6.92 Å². The molecule has 21 heavy (non-hydrogen) atoms. The van der Waals surface area contributed by atoms with Crippen LogP contribution in [0.15, 0.2) is 30.3 Å². The quantitative estimate of drug-likeness (QED) is 0.766. The molecule has 110 valence electrons. The molecule has 4 heteroatoms. The summed E-state index contributed by atoms with van der Waals surface area (Å²) < 4.78 is 22.0. The van der Waals surface area contributed by atoms with Crippen LogP contribution in [0.4, 0.5) is 0 Å². The molecule has 2 unspecified atom stereocenters. The minimum absolute atomic E-state index is 0.265. The first kappa shape index (κ1) is 12.9. The van der Waals surface area contributed by atoms with Gasteiger partial charge in [0.2, 0.25) is 0 Å². The van der Waals surface area contributed by atoms with Crippen molar-refractivity contribution in [1.82, 2.24) is 0 Å². The lowest BCUT2D eigenvalue weighted by Crippen LogP contribution is -2.05. The second-order valence-electron chi connectivity index (χ2n) is 5.68. The van der Waals surface area contributed by atoms with Gasteiger partial charge >= 0.3 is 0 Å². The third-order valence-corrected chi connectivity index (χ3v) is 3.70. The molecule has 0 spiro atoms. The molecule has 0 saturated carbocycles. The van der Waals surface area contributed by atoms with Crippen molar-refractivity contribution in [2.24, 2.45) is 0 Å². The first-order chi connectivity index (χ1) is 10.3. The molecule has 2 aliphatic heterocycles. The van der Waals surface area contributed by atoms with E-state index in [1.807, 2.05) is 6.07 Å². The summed E-state index contributed by atoms with van der Waals surface area (Å²) in [6.07, 6.45) is 0.539. The maximum Gasteiger partial charge on any atom is 0.127 e. The van der Waals surface area contributed by atoms with Gasteiger partial charge in [0.05, 0.1) is 13.2 Å². The van der Waals surface area contributed by atoms with Crippen molar-refractivity contribution in [3.63, 3.8) is 0 Å². The van der Waals surface area contributed by atoms with Crippen molar-refractivity contribution in [1.29, 1.82) is 0 Å². The van der Waals surface area contributed by atoms with Crippen LogP contribution in [0.25, 0.3) is 10.8 Å². The lowest BCUT2D eigenvalue weighted by molar-refractivity contribution is 0.263. The van der Waals surface area contributed by atoms with Crippen LogP contribution >= 0.6 is 0 Å². The zero-order valence-electron chi connectivity index (χ0n) is 12.0. The van der Waals surface area contributed by atoms with Crippen molar-refractivity contribution >= 4 is 10.8 Å². The Morgan fingerprint density at radius 3 is 2.43 bits per heavy atom. The zero-order chi connectivity index (χ0) is 14.2. The van der Waals surface area contributed by atoms with Crippen molar-refractivity contribution < 1.29 is 18.9 Å². The fourth-order valence-electron chi connectivity index (χ4n) is 2.37. The van der Waals surface area contributed by atoms with Gasteiger partial charge in [-0.25, -0.2) is 0 Å². The maximum absolute atomic E-state index is 5.89. The predicted octanol–water partition coefficient (Wildman–Crippen LogP) is 2.70. The molecule has 4 rings (SSSR count). The standard InChI is InChI=1S/C17H18O4/c1-11-4-12-6-13(18-7-14-8-19-14)2-3-16(12)17(5-11)21-10-15-9-20-15/h2-6,14-15H,7-10H2,1H3. The number of epoxide rings is 2. The molecule has 2 aliphatic rings. The number of benzene rings is 2. The summed E-state index contributed by atoms with van der Waals surface area (Å²) in [6.45, 7) is 4.94. The van der Waals surface area contributed by atoms with Crippen LogP contribution in [0.3, 0.4) is 0 Å². The van der Waals surface area contributed by atoms with Gasteiger partial charge in [0.15, 0.2) is 0 Å². The average molecular weight is 286 g/mol. The van der Waals surface area contributed by atoms with E-state index in [9.17, 15) is 0 Å². The Morgan fingerprint density at radius 1 is 1.00 bits per heavy atom. The van der Waals surface area contributed by atoms with Gasteiger partial charge in [0.1, 0.15) is 36.9 Å². The Morgan fingerprint density at radius 2 is 1.71 bits per heavy atom. The molecular weight excluding hydrogens is 268 g/mol. The first-order valence-corrected chi connectivity index (χ1v) is 7.31. The van der Waals surface area contributed by atoms with Gasteiger partial charge in [0, 0.05) is 5.39 Å². The molecule has 0 radical (unpaired) electrons. The molecule has 0 amide bonds. The number of hydrogen-bond donors (Lipinski definition) is 0. The third kappa shape index (κ3) is 3.12. The van der Waals surface area contributed by atoms with E-state index in [2.05, 4.69) is 31.2 Å². The van der Waals surface area contributed by atoms with Gasteiger partial charge in [-0.1, -0.05) is 6.07 Å². The number of ether oxygens (including phenoxy) is 4.